The van der Waals surface area contributed by atoms with Gasteiger partial charge in [-0.1, -0.05) is 36.8 Å². The smallest absolute Gasteiger partial charge is 0.321 e. The van der Waals surface area contributed by atoms with E-state index in [0.29, 0.717) is 5.13 Å². The molecule has 1 aromatic carbocycles. The largest absolute Gasteiger partial charge is 0.396 e. The Labute approximate surface area is 127 Å². The van der Waals surface area contributed by atoms with Crippen molar-refractivity contribution in [2.24, 2.45) is 5.41 Å². The lowest BCUT2D eigenvalue weighted by atomic mass is 9.86. The molecule has 1 aromatic heterocycles. The highest BCUT2D eigenvalue weighted by Crippen LogP contribution is 2.37. The van der Waals surface area contributed by atoms with E-state index in [9.17, 15) is 9.90 Å². The van der Waals surface area contributed by atoms with Crippen molar-refractivity contribution in [1.29, 1.82) is 0 Å². The summed E-state index contributed by atoms with van der Waals surface area (Å²) in [6, 6.07) is 7.55. The third-order valence-corrected chi connectivity index (χ3v) is 5.21. The van der Waals surface area contributed by atoms with Crippen LogP contribution in [0.4, 0.5) is 9.93 Å². The van der Waals surface area contributed by atoms with Crippen molar-refractivity contribution in [3.05, 3.63) is 24.3 Å². The van der Waals surface area contributed by atoms with Crippen LogP contribution in [0.1, 0.15) is 26.2 Å². The summed E-state index contributed by atoms with van der Waals surface area (Å²) in [5.74, 6) is 0. The molecule has 0 aliphatic heterocycles. The third kappa shape index (κ3) is 2.87. The van der Waals surface area contributed by atoms with Crippen molar-refractivity contribution in [2.75, 3.05) is 11.9 Å². The molecule has 0 spiro atoms. The summed E-state index contributed by atoms with van der Waals surface area (Å²) in [6.45, 7) is 2.11. The number of carbonyl (C=O) groups excluding carboxylic acids is 1. The molecular weight excluding hydrogens is 286 g/mol. The van der Waals surface area contributed by atoms with Crippen LogP contribution in [0.15, 0.2) is 24.3 Å². The lowest BCUT2D eigenvalue weighted by molar-refractivity contribution is 0.122. The fourth-order valence-corrected chi connectivity index (χ4v) is 3.75. The quantitative estimate of drug-likeness (QED) is 0.816. The van der Waals surface area contributed by atoms with Gasteiger partial charge in [-0.2, -0.15) is 0 Å². The molecule has 0 saturated heterocycles. The number of thiazole rings is 1. The number of hydrogen-bond donors (Lipinski definition) is 3. The van der Waals surface area contributed by atoms with Crippen molar-refractivity contribution in [3.8, 4) is 0 Å². The summed E-state index contributed by atoms with van der Waals surface area (Å²) in [4.78, 5) is 16.5. The second-order valence-electron chi connectivity index (χ2n) is 5.84. The molecule has 6 heteroatoms. The molecule has 1 saturated carbocycles. The van der Waals surface area contributed by atoms with E-state index in [1.54, 1.807) is 0 Å². The summed E-state index contributed by atoms with van der Waals surface area (Å²) < 4.78 is 1.05. The third-order valence-electron chi connectivity index (χ3n) is 4.26. The molecule has 3 rings (SSSR count). The van der Waals surface area contributed by atoms with E-state index in [0.717, 1.165) is 29.5 Å². The number of fused-ring (bicyclic) bond motifs is 1. The number of anilines is 1. The van der Waals surface area contributed by atoms with E-state index in [1.807, 2.05) is 31.2 Å². The van der Waals surface area contributed by atoms with Gasteiger partial charge in [0.25, 0.3) is 0 Å². The van der Waals surface area contributed by atoms with E-state index in [-0.39, 0.29) is 24.1 Å². The zero-order valence-electron chi connectivity index (χ0n) is 11.9. The lowest BCUT2D eigenvalue weighted by Crippen LogP contribution is -2.46. The Morgan fingerprint density at radius 3 is 3.10 bits per heavy atom. The van der Waals surface area contributed by atoms with Crippen LogP contribution in [0.3, 0.4) is 0 Å². The van der Waals surface area contributed by atoms with Gasteiger partial charge in [-0.25, -0.2) is 9.78 Å². The van der Waals surface area contributed by atoms with Gasteiger partial charge in [0.1, 0.15) is 0 Å². The second-order valence-corrected chi connectivity index (χ2v) is 6.87. The molecule has 5 nitrogen and oxygen atoms in total. The minimum Gasteiger partial charge on any atom is -0.396 e. The van der Waals surface area contributed by atoms with Gasteiger partial charge in [0, 0.05) is 11.5 Å². The first-order chi connectivity index (χ1) is 10.1. The van der Waals surface area contributed by atoms with Crippen molar-refractivity contribution in [1.82, 2.24) is 10.3 Å². The average molecular weight is 305 g/mol. The molecule has 2 amide bonds. The molecule has 1 aliphatic rings. The maximum atomic E-state index is 12.1. The number of benzene rings is 1. The maximum Gasteiger partial charge on any atom is 0.321 e. The molecule has 112 valence electrons. The van der Waals surface area contributed by atoms with Crippen molar-refractivity contribution in [2.45, 2.75) is 32.2 Å². The van der Waals surface area contributed by atoms with Gasteiger partial charge in [0.2, 0.25) is 0 Å². The number of aliphatic hydroxyl groups is 1. The molecule has 1 aliphatic carbocycles. The van der Waals surface area contributed by atoms with Gasteiger partial charge >= 0.3 is 6.03 Å². The Bertz CT molecular complexity index is 624. The van der Waals surface area contributed by atoms with Crippen molar-refractivity contribution >= 4 is 32.7 Å². The number of aromatic nitrogens is 1. The predicted molar refractivity (Wildman–Crippen MR) is 84.6 cm³/mol. The van der Waals surface area contributed by atoms with Gasteiger partial charge in [0.05, 0.1) is 16.8 Å². The zero-order chi connectivity index (χ0) is 14.9. The van der Waals surface area contributed by atoms with E-state index < -0.39 is 0 Å². The molecule has 2 unspecified atom stereocenters. The highest BCUT2D eigenvalue weighted by molar-refractivity contribution is 7.22. The van der Waals surface area contributed by atoms with Gasteiger partial charge < -0.3 is 10.4 Å². The normalized spacial score (nSPS) is 25.1. The highest BCUT2D eigenvalue weighted by atomic mass is 32.1. The van der Waals surface area contributed by atoms with Gasteiger partial charge in [-0.15, -0.1) is 0 Å². The number of nitrogens with one attached hydrogen (secondary N) is 2. The van der Waals surface area contributed by atoms with Crippen LogP contribution in [-0.2, 0) is 0 Å². The Kier molecular flexibility index (Phi) is 3.82. The molecule has 1 heterocycles. The minimum absolute atomic E-state index is 0.0110. The molecule has 0 radical (unpaired) electrons. The Morgan fingerprint density at radius 2 is 2.33 bits per heavy atom. The first-order valence-corrected chi connectivity index (χ1v) is 7.96. The Balaban J connectivity index is 1.66. The molecule has 2 atom stereocenters. The highest BCUT2D eigenvalue weighted by Gasteiger charge is 2.39. The molecule has 21 heavy (non-hydrogen) atoms. The number of para-hydroxylation sites is 1. The summed E-state index contributed by atoms with van der Waals surface area (Å²) in [7, 11) is 0. The van der Waals surface area contributed by atoms with Gasteiger partial charge in [-0.05, 0) is 25.0 Å². The fraction of sp³-hybridized carbons (Fsp3) is 0.467. The first-order valence-electron chi connectivity index (χ1n) is 7.15. The number of amides is 2. The van der Waals surface area contributed by atoms with Crippen LogP contribution in [0.25, 0.3) is 10.2 Å². The van der Waals surface area contributed by atoms with Crippen LogP contribution in [0.2, 0.25) is 0 Å². The SMILES string of the molecule is CC1(CO)CCCC1NC(=O)Nc1nc2ccccc2s1. The molecule has 2 aromatic rings. The zero-order valence-corrected chi connectivity index (χ0v) is 12.7. The van der Waals surface area contributed by atoms with Crippen molar-refractivity contribution < 1.29 is 9.90 Å². The van der Waals surface area contributed by atoms with E-state index in [4.69, 9.17) is 0 Å². The number of hydrogen-bond acceptors (Lipinski definition) is 4. The van der Waals surface area contributed by atoms with E-state index >= 15 is 0 Å². The number of carbonyl (C=O) groups is 1. The number of aliphatic hydroxyl groups excluding tert-OH is 1. The van der Waals surface area contributed by atoms with E-state index in [2.05, 4.69) is 15.6 Å². The minimum atomic E-state index is -0.249. The Hall–Kier alpha value is -1.66. The molecule has 3 N–H and O–H groups in total. The fourth-order valence-electron chi connectivity index (χ4n) is 2.89. The average Bonchev–Trinajstić information content (AvgIpc) is 3.03. The van der Waals surface area contributed by atoms with Crippen LogP contribution in [-0.4, -0.2) is 28.8 Å². The van der Waals surface area contributed by atoms with E-state index in [1.165, 1.54) is 11.3 Å². The molecule has 0 bridgehead atoms. The summed E-state index contributed by atoms with van der Waals surface area (Å²) in [5, 5.41) is 15.9. The summed E-state index contributed by atoms with van der Waals surface area (Å²) >= 11 is 1.46. The van der Waals surface area contributed by atoms with Crippen molar-refractivity contribution in [3.63, 3.8) is 0 Å². The monoisotopic (exact) mass is 305 g/mol. The Morgan fingerprint density at radius 1 is 1.52 bits per heavy atom. The van der Waals surface area contributed by atoms with Gasteiger partial charge in [-0.3, -0.25) is 5.32 Å². The number of nitrogens with zero attached hydrogens (tertiary/aromatic N) is 1. The number of urea groups is 1. The maximum absolute atomic E-state index is 12.1. The lowest BCUT2D eigenvalue weighted by Gasteiger charge is -2.29. The summed E-state index contributed by atoms with van der Waals surface area (Å²) in [5.41, 5.74) is 0.671. The predicted octanol–water partition coefficient (Wildman–Crippen LogP) is 2.97. The standard InChI is InChI=1S/C15H19N3O2S/c1-15(9-19)8-4-7-12(15)17-13(20)18-14-16-10-5-2-3-6-11(10)21-14/h2-3,5-6,12,19H,4,7-9H2,1H3,(H2,16,17,18,20). The topological polar surface area (TPSA) is 74.2 Å². The van der Waals surface area contributed by atoms with Crippen LogP contribution in [0, 0.1) is 5.41 Å². The van der Waals surface area contributed by atoms with Gasteiger partial charge in [0.15, 0.2) is 5.13 Å². The molecule has 1 fully saturated rings. The van der Waals surface area contributed by atoms with Crippen LogP contribution >= 0.6 is 11.3 Å². The van der Waals surface area contributed by atoms with Crippen LogP contribution < -0.4 is 10.6 Å². The second kappa shape index (κ2) is 5.61. The summed E-state index contributed by atoms with van der Waals surface area (Å²) in [6.07, 6.45) is 2.88. The van der Waals surface area contributed by atoms with Crippen LogP contribution in [0.5, 0.6) is 0 Å². The number of rotatable bonds is 3. The first kappa shape index (κ1) is 14.3. The molecular formula is C15H19N3O2S.